The van der Waals surface area contributed by atoms with Crippen LogP contribution >= 0.6 is 0 Å². The zero-order valence-electron chi connectivity index (χ0n) is 14.2. The average molecular weight is 326 g/mol. The Kier molecular flexibility index (Phi) is 5.88. The first-order valence-electron chi connectivity index (χ1n) is 7.88. The van der Waals surface area contributed by atoms with E-state index in [1.54, 1.807) is 50.2 Å². The van der Waals surface area contributed by atoms with E-state index in [1.807, 2.05) is 24.3 Å². The Balaban J connectivity index is 2.43. The van der Waals surface area contributed by atoms with Gasteiger partial charge in [-0.2, -0.15) is 0 Å². The molecule has 4 nitrogen and oxygen atoms in total. The molecular formula is C20H22O4. The lowest BCUT2D eigenvalue weighted by molar-refractivity contribution is -0.154. The summed E-state index contributed by atoms with van der Waals surface area (Å²) in [5.74, 6) is -0.885. The fourth-order valence-corrected chi connectivity index (χ4v) is 2.42. The second-order valence-electron chi connectivity index (χ2n) is 5.85. The number of rotatable bonds is 7. The van der Waals surface area contributed by atoms with Crippen LogP contribution in [0.25, 0.3) is 0 Å². The summed E-state index contributed by atoms with van der Waals surface area (Å²) in [6.07, 6.45) is 0. The van der Waals surface area contributed by atoms with Crippen molar-refractivity contribution in [2.75, 3.05) is 13.7 Å². The molecule has 0 heterocycles. The van der Waals surface area contributed by atoms with Crippen LogP contribution in [0.1, 0.15) is 29.8 Å². The molecule has 0 aliphatic rings. The Labute approximate surface area is 142 Å². The van der Waals surface area contributed by atoms with Crippen molar-refractivity contribution >= 4 is 11.8 Å². The Morgan fingerprint density at radius 3 is 2.00 bits per heavy atom. The highest BCUT2D eigenvalue weighted by atomic mass is 16.6. The van der Waals surface area contributed by atoms with Crippen LogP contribution in [0.15, 0.2) is 60.7 Å². The second-order valence-corrected chi connectivity index (χ2v) is 5.85. The van der Waals surface area contributed by atoms with Gasteiger partial charge in [0.05, 0.1) is 5.92 Å². The van der Waals surface area contributed by atoms with Crippen LogP contribution in [0.5, 0.6) is 0 Å². The van der Waals surface area contributed by atoms with Crippen LogP contribution < -0.4 is 0 Å². The highest BCUT2D eigenvalue weighted by molar-refractivity contribution is 6.03. The van der Waals surface area contributed by atoms with Crippen molar-refractivity contribution in [1.29, 1.82) is 0 Å². The topological polar surface area (TPSA) is 52.6 Å². The molecule has 0 bridgehead atoms. The van der Waals surface area contributed by atoms with E-state index in [2.05, 4.69) is 0 Å². The smallest absolute Gasteiger partial charge is 0.308 e. The van der Waals surface area contributed by atoms with Crippen LogP contribution in [-0.4, -0.2) is 25.5 Å². The number of carbonyl (C=O) groups excluding carboxylic acids is 2. The van der Waals surface area contributed by atoms with Crippen LogP contribution in [-0.2, 0) is 19.9 Å². The zero-order valence-corrected chi connectivity index (χ0v) is 14.2. The van der Waals surface area contributed by atoms with E-state index in [0.29, 0.717) is 11.1 Å². The summed E-state index contributed by atoms with van der Waals surface area (Å²) in [5, 5.41) is 0. The molecule has 0 aliphatic heterocycles. The van der Waals surface area contributed by atoms with Gasteiger partial charge in [-0.05, 0) is 5.56 Å². The zero-order chi connectivity index (χ0) is 17.6. The minimum Gasteiger partial charge on any atom is -0.462 e. The molecule has 2 aromatic rings. The quantitative estimate of drug-likeness (QED) is 0.576. The number of ether oxygens (including phenoxy) is 2. The molecule has 0 saturated carbocycles. The fraction of sp³-hybridized carbons (Fsp3) is 0.300. The van der Waals surface area contributed by atoms with Gasteiger partial charge in [-0.15, -0.1) is 0 Å². The number of carbonyl (C=O) groups is 2. The summed E-state index contributed by atoms with van der Waals surface area (Å²) in [6, 6.07) is 18.0. The molecule has 1 atom stereocenters. The summed E-state index contributed by atoms with van der Waals surface area (Å²) >= 11 is 0. The predicted molar refractivity (Wildman–Crippen MR) is 91.7 cm³/mol. The highest BCUT2D eigenvalue weighted by Crippen LogP contribution is 2.30. The first-order chi connectivity index (χ1) is 11.5. The summed E-state index contributed by atoms with van der Waals surface area (Å²) in [4.78, 5) is 25.1. The first-order valence-corrected chi connectivity index (χ1v) is 7.88. The maximum atomic E-state index is 13.2. The van der Waals surface area contributed by atoms with Crippen molar-refractivity contribution in [3.05, 3.63) is 71.8 Å². The van der Waals surface area contributed by atoms with Crippen molar-refractivity contribution in [1.82, 2.24) is 0 Å². The van der Waals surface area contributed by atoms with Crippen molar-refractivity contribution in [3.63, 3.8) is 0 Å². The Morgan fingerprint density at radius 2 is 1.50 bits per heavy atom. The maximum Gasteiger partial charge on any atom is 0.308 e. The van der Waals surface area contributed by atoms with Gasteiger partial charge in [0.25, 0.3) is 0 Å². The third-order valence-corrected chi connectivity index (χ3v) is 3.88. The molecule has 126 valence electrons. The number of esters is 1. The van der Waals surface area contributed by atoms with Crippen molar-refractivity contribution in [2.45, 2.75) is 19.4 Å². The van der Waals surface area contributed by atoms with Crippen molar-refractivity contribution in [2.24, 2.45) is 5.92 Å². The van der Waals surface area contributed by atoms with Gasteiger partial charge in [-0.3, -0.25) is 9.59 Å². The molecule has 0 fully saturated rings. The molecule has 0 N–H and O–H groups in total. The molecule has 0 aliphatic carbocycles. The minimum atomic E-state index is -1.37. The van der Waals surface area contributed by atoms with Crippen LogP contribution in [0.4, 0.5) is 0 Å². The van der Waals surface area contributed by atoms with Gasteiger partial charge in [-0.25, -0.2) is 0 Å². The maximum absolute atomic E-state index is 13.2. The number of hydrogen-bond acceptors (Lipinski definition) is 4. The van der Waals surface area contributed by atoms with E-state index < -0.39 is 5.60 Å². The van der Waals surface area contributed by atoms with Crippen molar-refractivity contribution < 1.29 is 19.1 Å². The van der Waals surface area contributed by atoms with Gasteiger partial charge in [-0.1, -0.05) is 74.5 Å². The molecule has 0 amide bonds. The van der Waals surface area contributed by atoms with Crippen LogP contribution in [0.3, 0.4) is 0 Å². The van der Waals surface area contributed by atoms with Crippen LogP contribution in [0.2, 0.25) is 0 Å². The van der Waals surface area contributed by atoms with E-state index in [9.17, 15) is 9.59 Å². The lowest BCUT2D eigenvalue weighted by atomic mass is 9.86. The van der Waals surface area contributed by atoms with Crippen molar-refractivity contribution in [3.8, 4) is 0 Å². The molecule has 2 rings (SSSR count). The van der Waals surface area contributed by atoms with Gasteiger partial charge in [0.2, 0.25) is 5.78 Å². The van der Waals surface area contributed by atoms with Gasteiger partial charge in [0.1, 0.15) is 6.61 Å². The molecule has 4 heteroatoms. The van der Waals surface area contributed by atoms with Gasteiger partial charge in [0.15, 0.2) is 5.60 Å². The number of methoxy groups -OCH3 is 1. The third kappa shape index (κ3) is 3.71. The molecule has 0 spiro atoms. The van der Waals surface area contributed by atoms with E-state index in [0.717, 1.165) is 0 Å². The largest absolute Gasteiger partial charge is 0.462 e. The number of Topliss-reactive ketones (excluding diaryl/α,β-unsaturated/α-hetero) is 1. The van der Waals surface area contributed by atoms with Gasteiger partial charge >= 0.3 is 5.97 Å². The normalized spacial score (nSPS) is 13.3. The monoisotopic (exact) mass is 326 g/mol. The molecule has 0 saturated heterocycles. The highest BCUT2D eigenvalue weighted by Gasteiger charge is 2.42. The predicted octanol–water partition coefficient (Wildman–Crippen LogP) is 3.61. The molecule has 0 aromatic heterocycles. The number of benzene rings is 2. The summed E-state index contributed by atoms with van der Waals surface area (Å²) in [7, 11) is 1.46. The summed E-state index contributed by atoms with van der Waals surface area (Å²) in [5.41, 5.74) is -0.214. The molecular weight excluding hydrogens is 304 g/mol. The van der Waals surface area contributed by atoms with Crippen LogP contribution in [0, 0.1) is 5.92 Å². The number of hydrogen-bond donors (Lipinski definition) is 0. The SMILES string of the molecule is COC(COC(=O)C(C)C)(C(=O)c1ccccc1)c1ccccc1. The Bertz CT molecular complexity index is 679. The Hall–Kier alpha value is -2.46. The standard InChI is InChI=1S/C20H22O4/c1-15(2)19(22)24-14-20(23-3,17-12-8-5-9-13-17)18(21)16-10-6-4-7-11-16/h4-13,15H,14H2,1-3H3. The molecule has 2 aromatic carbocycles. The third-order valence-electron chi connectivity index (χ3n) is 3.88. The van der Waals surface area contributed by atoms with E-state index >= 15 is 0 Å². The first kappa shape index (κ1) is 17.9. The van der Waals surface area contributed by atoms with E-state index in [-0.39, 0.29) is 24.3 Å². The minimum absolute atomic E-state index is 0.168. The van der Waals surface area contributed by atoms with Gasteiger partial charge in [0, 0.05) is 12.7 Å². The molecule has 0 radical (unpaired) electrons. The summed E-state index contributed by atoms with van der Waals surface area (Å²) < 4.78 is 11.0. The lowest BCUT2D eigenvalue weighted by Gasteiger charge is -2.31. The molecule has 24 heavy (non-hydrogen) atoms. The lowest BCUT2D eigenvalue weighted by Crippen LogP contribution is -2.43. The Morgan fingerprint density at radius 1 is 0.958 bits per heavy atom. The van der Waals surface area contributed by atoms with E-state index in [4.69, 9.17) is 9.47 Å². The average Bonchev–Trinajstić information content (AvgIpc) is 2.63. The van der Waals surface area contributed by atoms with Gasteiger partial charge < -0.3 is 9.47 Å². The number of ketones is 1. The molecule has 1 unspecified atom stereocenters. The van der Waals surface area contributed by atoms with E-state index in [1.165, 1.54) is 7.11 Å². The summed E-state index contributed by atoms with van der Waals surface area (Å²) in [6.45, 7) is 3.33. The second kappa shape index (κ2) is 7.88. The fourth-order valence-electron chi connectivity index (χ4n) is 2.42.